The van der Waals surface area contributed by atoms with Crippen molar-refractivity contribution in [2.24, 2.45) is 0 Å². The minimum atomic E-state index is -0.411. The predicted molar refractivity (Wildman–Crippen MR) is 137 cm³/mol. The number of piperazine rings is 1. The third kappa shape index (κ3) is 5.46. The molecule has 1 amide bonds. The van der Waals surface area contributed by atoms with Crippen molar-refractivity contribution in [1.29, 1.82) is 0 Å². The topological polar surface area (TPSA) is 54.0 Å². The lowest BCUT2D eigenvalue weighted by Crippen LogP contribution is -2.50. The van der Waals surface area contributed by atoms with Gasteiger partial charge in [-0.3, -0.25) is 9.69 Å². The van der Waals surface area contributed by atoms with Gasteiger partial charge in [-0.2, -0.15) is 0 Å². The van der Waals surface area contributed by atoms with Gasteiger partial charge in [0.05, 0.1) is 24.4 Å². The Kier molecular flexibility index (Phi) is 7.93. The van der Waals surface area contributed by atoms with Gasteiger partial charge in [0.2, 0.25) is 5.91 Å². The summed E-state index contributed by atoms with van der Waals surface area (Å²) in [7, 11) is 1.57. The van der Waals surface area contributed by atoms with E-state index in [9.17, 15) is 4.79 Å². The van der Waals surface area contributed by atoms with Crippen LogP contribution < -0.4 is 19.7 Å². The first-order chi connectivity index (χ1) is 16.6. The van der Waals surface area contributed by atoms with E-state index in [-0.39, 0.29) is 5.91 Å². The van der Waals surface area contributed by atoms with Crippen molar-refractivity contribution in [3.63, 3.8) is 0 Å². The number of carbonyl (C=O) groups excluding carboxylic acids is 1. The molecular formula is C27H30ClN3O3. The van der Waals surface area contributed by atoms with E-state index < -0.39 is 6.04 Å². The van der Waals surface area contributed by atoms with Crippen LogP contribution in [-0.4, -0.2) is 50.7 Å². The maximum atomic E-state index is 13.5. The molecule has 7 heteroatoms. The Morgan fingerprint density at radius 2 is 1.68 bits per heavy atom. The standard InChI is InChI=1S/C27H30ClN3O3/c1-3-34-25-12-8-7-11-23(25)30-15-17-31(18-16-30)26(20-9-5-4-6-10-20)27(32)29-21-13-14-24(33-2)22(28)19-21/h4-14,19,26H,3,15-18H2,1-2H3,(H,29,32)/t26-/m0/s1. The van der Waals surface area contributed by atoms with Crippen molar-refractivity contribution in [3.8, 4) is 11.5 Å². The number of rotatable bonds is 8. The molecule has 3 aromatic carbocycles. The van der Waals surface area contributed by atoms with E-state index in [2.05, 4.69) is 21.2 Å². The number of anilines is 2. The number of nitrogens with zero attached hydrogens (tertiary/aromatic N) is 2. The van der Waals surface area contributed by atoms with Crippen LogP contribution in [0.1, 0.15) is 18.5 Å². The highest BCUT2D eigenvalue weighted by atomic mass is 35.5. The fourth-order valence-electron chi connectivity index (χ4n) is 4.34. The summed E-state index contributed by atoms with van der Waals surface area (Å²) < 4.78 is 11.0. The van der Waals surface area contributed by atoms with Crippen molar-refractivity contribution in [2.45, 2.75) is 13.0 Å². The average molecular weight is 480 g/mol. The molecule has 6 nitrogen and oxygen atoms in total. The summed E-state index contributed by atoms with van der Waals surface area (Å²) in [5.41, 5.74) is 2.70. The second-order valence-electron chi connectivity index (χ2n) is 8.08. The monoisotopic (exact) mass is 479 g/mol. The van der Waals surface area contributed by atoms with Crippen molar-refractivity contribution >= 4 is 28.9 Å². The molecule has 1 N–H and O–H groups in total. The largest absolute Gasteiger partial charge is 0.495 e. The Morgan fingerprint density at radius 3 is 2.35 bits per heavy atom. The van der Waals surface area contributed by atoms with E-state index in [1.54, 1.807) is 25.3 Å². The summed E-state index contributed by atoms with van der Waals surface area (Å²) in [6.07, 6.45) is 0. The summed E-state index contributed by atoms with van der Waals surface area (Å²) in [4.78, 5) is 18.1. The summed E-state index contributed by atoms with van der Waals surface area (Å²) >= 11 is 6.27. The van der Waals surface area contributed by atoms with Crippen LogP contribution in [0.5, 0.6) is 11.5 Å². The normalized spacial score (nSPS) is 15.0. The molecule has 1 saturated heterocycles. The van der Waals surface area contributed by atoms with E-state index in [1.807, 2.05) is 55.5 Å². The van der Waals surface area contributed by atoms with Crippen LogP contribution in [0, 0.1) is 0 Å². The lowest BCUT2D eigenvalue weighted by atomic mass is 10.0. The second kappa shape index (κ2) is 11.3. The molecule has 1 fully saturated rings. The number of ether oxygens (including phenoxy) is 2. The van der Waals surface area contributed by atoms with Crippen LogP contribution in [0.25, 0.3) is 0 Å². The zero-order valence-electron chi connectivity index (χ0n) is 19.5. The number of carbonyl (C=O) groups is 1. The molecule has 0 radical (unpaired) electrons. The zero-order valence-corrected chi connectivity index (χ0v) is 20.3. The molecular weight excluding hydrogens is 450 g/mol. The molecule has 0 unspecified atom stereocenters. The van der Waals surface area contributed by atoms with E-state index in [0.717, 1.165) is 43.2 Å². The van der Waals surface area contributed by atoms with E-state index in [4.69, 9.17) is 21.1 Å². The number of amides is 1. The van der Waals surface area contributed by atoms with E-state index in [0.29, 0.717) is 23.1 Å². The van der Waals surface area contributed by atoms with Crippen molar-refractivity contribution in [1.82, 2.24) is 4.90 Å². The fourth-order valence-corrected chi connectivity index (χ4v) is 4.59. The Balaban J connectivity index is 1.51. The quantitative estimate of drug-likeness (QED) is 0.478. The third-order valence-corrected chi connectivity index (χ3v) is 6.26. The maximum Gasteiger partial charge on any atom is 0.246 e. The van der Waals surface area contributed by atoms with Gasteiger partial charge in [-0.15, -0.1) is 0 Å². The van der Waals surface area contributed by atoms with Gasteiger partial charge in [0, 0.05) is 31.9 Å². The lowest BCUT2D eigenvalue weighted by Gasteiger charge is -2.40. The maximum absolute atomic E-state index is 13.5. The molecule has 178 valence electrons. The summed E-state index contributed by atoms with van der Waals surface area (Å²) in [5, 5.41) is 3.50. The highest BCUT2D eigenvalue weighted by Crippen LogP contribution is 2.32. The second-order valence-corrected chi connectivity index (χ2v) is 8.48. The van der Waals surface area contributed by atoms with Gasteiger partial charge in [-0.25, -0.2) is 0 Å². The van der Waals surface area contributed by atoms with Crippen molar-refractivity contribution in [2.75, 3.05) is 50.1 Å². The minimum absolute atomic E-state index is 0.0874. The van der Waals surface area contributed by atoms with Crippen LogP contribution in [0.4, 0.5) is 11.4 Å². The highest BCUT2D eigenvalue weighted by molar-refractivity contribution is 6.32. The molecule has 34 heavy (non-hydrogen) atoms. The van der Waals surface area contributed by atoms with Crippen LogP contribution >= 0.6 is 11.6 Å². The molecule has 3 aromatic rings. The predicted octanol–water partition coefficient (Wildman–Crippen LogP) is 5.25. The number of hydrogen-bond acceptors (Lipinski definition) is 5. The fraction of sp³-hybridized carbons (Fsp3) is 0.296. The third-order valence-electron chi connectivity index (χ3n) is 5.97. The first kappa shape index (κ1) is 23.9. The number of halogens is 1. The van der Waals surface area contributed by atoms with Crippen molar-refractivity contribution < 1.29 is 14.3 Å². The number of benzene rings is 3. The number of nitrogens with one attached hydrogen (secondary N) is 1. The molecule has 0 saturated carbocycles. The van der Waals surface area contributed by atoms with Crippen molar-refractivity contribution in [3.05, 3.63) is 83.4 Å². The SMILES string of the molecule is CCOc1ccccc1N1CCN([C@H](C(=O)Nc2ccc(OC)c(Cl)c2)c2ccccc2)CC1. The number of methoxy groups -OCH3 is 1. The molecule has 1 heterocycles. The first-order valence-corrected chi connectivity index (χ1v) is 11.9. The Morgan fingerprint density at radius 1 is 0.971 bits per heavy atom. The Bertz CT molecular complexity index is 1100. The number of hydrogen-bond donors (Lipinski definition) is 1. The molecule has 0 bridgehead atoms. The molecule has 1 aliphatic heterocycles. The van der Waals surface area contributed by atoms with Gasteiger partial charge in [0.1, 0.15) is 17.5 Å². The van der Waals surface area contributed by atoms with Gasteiger partial charge in [0.25, 0.3) is 0 Å². The Hall–Kier alpha value is -3.22. The molecule has 1 atom stereocenters. The molecule has 4 rings (SSSR count). The highest BCUT2D eigenvalue weighted by Gasteiger charge is 2.31. The van der Waals surface area contributed by atoms with Gasteiger partial charge in [-0.1, -0.05) is 54.1 Å². The Labute approximate surface area is 206 Å². The van der Waals surface area contributed by atoms with Crippen LogP contribution in [0.2, 0.25) is 5.02 Å². The minimum Gasteiger partial charge on any atom is -0.495 e. The summed E-state index contributed by atoms with van der Waals surface area (Å²) in [6.45, 7) is 5.72. The molecule has 0 spiro atoms. The van der Waals surface area contributed by atoms with E-state index in [1.165, 1.54) is 0 Å². The summed E-state index contributed by atoms with van der Waals surface area (Å²) in [5.74, 6) is 1.38. The first-order valence-electron chi connectivity index (χ1n) is 11.5. The molecule has 0 aromatic heterocycles. The van der Waals surface area contributed by atoms with E-state index >= 15 is 0 Å². The number of para-hydroxylation sites is 2. The summed E-state index contributed by atoms with van der Waals surface area (Å²) in [6, 6.07) is 22.9. The zero-order chi connectivity index (χ0) is 23.9. The van der Waals surface area contributed by atoms with Gasteiger partial charge < -0.3 is 19.7 Å². The van der Waals surface area contributed by atoms with Crippen LogP contribution in [0.3, 0.4) is 0 Å². The smallest absolute Gasteiger partial charge is 0.246 e. The lowest BCUT2D eigenvalue weighted by molar-refractivity contribution is -0.121. The van der Waals surface area contributed by atoms with Crippen LogP contribution in [0.15, 0.2) is 72.8 Å². The van der Waals surface area contributed by atoms with Gasteiger partial charge >= 0.3 is 0 Å². The molecule has 1 aliphatic rings. The van der Waals surface area contributed by atoms with Gasteiger partial charge in [0.15, 0.2) is 0 Å². The molecule has 0 aliphatic carbocycles. The average Bonchev–Trinajstić information content (AvgIpc) is 2.86. The van der Waals surface area contributed by atoms with Gasteiger partial charge in [-0.05, 0) is 42.8 Å². The van der Waals surface area contributed by atoms with Crippen LogP contribution in [-0.2, 0) is 4.79 Å².